The van der Waals surface area contributed by atoms with Crippen LogP contribution in [0.2, 0.25) is 0 Å². The van der Waals surface area contributed by atoms with E-state index in [1.807, 2.05) is 6.07 Å². The Morgan fingerprint density at radius 3 is 2.26 bits per heavy atom. The molecule has 2 amide bonds. The number of carbonyl (C=O) groups is 2. The van der Waals surface area contributed by atoms with Gasteiger partial charge in [-0.2, -0.15) is 0 Å². The topological polar surface area (TPSA) is 86.3 Å². The average molecular weight is 458 g/mol. The number of imide groups is 1. The van der Waals surface area contributed by atoms with Gasteiger partial charge in [-0.25, -0.2) is 4.90 Å². The molecular weight excluding hydrogens is 436 g/mol. The molecule has 2 aliphatic rings. The lowest BCUT2D eigenvalue weighted by Gasteiger charge is -2.19. The zero-order chi connectivity index (χ0) is 23.7. The van der Waals surface area contributed by atoms with Gasteiger partial charge in [0.1, 0.15) is 18.9 Å². The van der Waals surface area contributed by atoms with Crippen LogP contribution in [0.15, 0.2) is 72.4 Å². The van der Waals surface area contributed by atoms with Crippen LogP contribution in [0, 0.1) is 0 Å². The number of benzene rings is 3. The normalized spacial score (nSPS) is 14.9. The number of carbonyl (C=O) groups excluding carboxylic acids is 2. The zero-order valence-electron chi connectivity index (χ0n) is 18.7. The predicted octanol–water partition coefficient (Wildman–Crippen LogP) is 3.87. The first kappa shape index (κ1) is 21.4. The fraction of sp³-hybridized carbons (Fsp3) is 0.154. The summed E-state index contributed by atoms with van der Waals surface area (Å²) in [5.41, 5.74) is 1.97. The number of fused-ring (bicyclic) bond motifs is 1. The number of methoxy groups -OCH3 is 2. The molecule has 3 aromatic carbocycles. The SMILES string of the molecule is COc1ccc(C2=C(Nc3ccc4c(c3)OCCO4)C(=O)N(c3ccccc3)C2=O)cc1OC. The molecule has 0 aliphatic carbocycles. The van der Waals surface area contributed by atoms with E-state index in [9.17, 15) is 9.59 Å². The highest BCUT2D eigenvalue weighted by Crippen LogP contribution is 2.39. The predicted molar refractivity (Wildman–Crippen MR) is 126 cm³/mol. The van der Waals surface area contributed by atoms with Gasteiger partial charge < -0.3 is 24.3 Å². The van der Waals surface area contributed by atoms with Crippen LogP contribution in [-0.4, -0.2) is 39.2 Å². The Hall–Kier alpha value is -4.46. The van der Waals surface area contributed by atoms with Crippen LogP contribution in [0.4, 0.5) is 11.4 Å². The Morgan fingerprint density at radius 1 is 0.794 bits per heavy atom. The molecule has 0 aromatic heterocycles. The molecule has 2 aliphatic heterocycles. The van der Waals surface area contributed by atoms with Crippen LogP contribution < -0.4 is 29.2 Å². The van der Waals surface area contributed by atoms with E-state index in [0.717, 1.165) is 4.90 Å². The van der Waals surface area contributed by atoms with E-state index in [1.165, 1.54) is 14.2 Å². The van der Waals surface area contributed by atoms with E-state index in [-0.39, 0.29) is 11.3 Å². The van der Waals surface area contributed by atoms with Gasteiger partial charge >= 0.3 is 0 Å². The van der Waals surface area contributed by atoms with Crippen molar-refractivity contribution in [1.29, 1.82) is 0 Å². The molecule has 0 unspecified atom stereocenters. The molecule has 0 saturated heterocycles. The monoisotopic (exact) mass is 458 g/mol. The minimum Gasteiger partial charge on any atom is -0.493 e. The van der Waals surface area contributed by atoms with E-state index < -0.39 is 11.8 Å². The Morgan fingerprint density at radius 2 is 1.53 bits per heavy atom. The summed E-state index contributed by atoms with van der Waals surface area (Å²) in [6.45, 7) is 0.919. The smallest absolute Gasteiger partial charge is 0.282 e. The summed E-state index contributed by atoms with van der Waals surface area (Å²) in [6.07, 6.45) is 0. The second-order valence-corrected chi connectivity index (χ2v) is 7.58. The Balaban J connectivity index is 1.61. The molecule has 0 spiro atoms. The van der Waals surface area contributed by atoms with Crippen molar-refractivity contribution >= 4 is 28.8 Å². The molecule has 8 heteroatoms. The molecule has 0 atom stereocenters. The number of amides is 2. The van der Waals surface area contributed by atoms with Gasteiger partial charge in [0, 0.05) is 11.8 Å². The lowest BCUT2D eigenvalue weighted by molar-refractivity contribution is -0.120. The molecule has 34 heavy (non-hydrogen) atoms. The summed E-state index contributed by atoms with van der Waals surface area (Å²) in [5.74, 6) is 1.26. The highest BCUT2D eigenvalue weighted by Gasteiger charge is 2.40. The highest BCUT2D eigenvalue weighted by atomic mass is 16.6. The lowest BCUT2D eigenvalue weighted by atomic mass is 10.0. The molecule has 1 N–H and O–H groups in total. The van der Waals surface area contributed by atoms with Crippen LogP contribution >= 0.6 is 0 Å². The maximum atomic E-state index is 13.6. The van der Waals surface area contributed by atoms with Crippen molar-refractivity contribution in [2.75, 3.05) is 37.7 Å². The number of anilines is 2. The summed E-state index contributed by atoms with van der Waals surface area (Å²) in [7, 11) is 3.05. The Labute approximate surface area is 196 Å². The summed E-state index contributed by atoms with van der Waals surface area (Å²) in [4.78, 5) is 28.3. The van der Waals surface area contributed by atoms with Crippen molar-refractivity contribution in [2.45, 2.75) is 0 Å². The van der Waals surface area contributed by atoms with Gasteiger partial charge in [0.15, 0.2) is 23.0 Å². The minimum absolute atomic E-state index is 0.151. The molecular formula is C26H22N2O6. The largest absolute Gasteiger partial charge is 0.493 e. The first-order chi connectivity index (χ1) is 16.6. The van der Waals surface area contributed by atoms with E-state index in [1.54, 1.807) is 60.7 Å². The fourth-order valence-corrected chi connectivity index (χ4v) is 3.98. The van der Waals surface area contributed by atoms with Crippen LogP contribution in [0.1, 0.15) is 5.56 Å². The number of nitrogens with one attached hydrogen (secondary N) is 1. The van der Waals surface area contributed by atoms with Crippen LogP contribution in [0.5, 0.6) is 23.0 Å². The van der Waals surface area contributed by atoms with Crippen molar-refractivity contribution in [3.63, 3.8) is 0 Å². The Bertz CT molecular complexity index is 1300. The molecule has 0 fully saturated rings. The van der Waals surface area contributed by atoms with Crippen molar-refractivity contribution in [2.24, 2.45) is 0 Å². The minimum atomic E-state index is -0.462. The summed E-state index contributed by atoms with van der Waals surface area (Å²) in [5, 5.41) is 3.15. The molecule has 0 radical (unpaired) electrons. The number of hydrogen-bond donors (Lipinski definition) is 1. The Kier molecular flexibility index (Phi) is 5.55. The van der Waals surface area contributed by atoms with Crippen molar-refractivity contribution in [3.8, 4) is 23.0 Å². The van der Waals surface area contributed by atoms with Gasteiger partial charge in [0.25, 0.3) is 11.8 Å². The molecule has 5 rings (SSSR count). The summed E-state index contributed by atoms with van der Waals surface area (Å²) in [6, 6.07) is 19.2. The number of nitrogens with zero attached hydrogens (tertiary/aromatic N) is 1. The summed E-state index contributed by atoms with van der Waals surface area (Å²) >= 11 is 0. The fourth-order valence-electron chi connectivity index (χ4n) is 3.98. The third-order valence-corrected chi connectivity index (χ3v) is 5.58. The third-order valence-electron chi connectivity index (χ3n) is 5.58. The van der Waals surface area contributed by atoms with Crippen molar-refractivity contribution < 1.29 is 28.5 Å². The van der Waals surface area contributed by atoms with Crippen molar-refractivity contribution in [1.82, 2.24) is 0 Å². The van der Waals surface area contributed by atoms with Crippen LogP contribution in [0.3, 0.4) is 0 Å². The van der Waals surface area contributed by atoms with Crippen molar-refractivity contribution in [3.05, 3.63) is 78.0 Å². The number of rotatable bonds is 6. The highest BCUT2D eigenvalue weighted by molar-refractivity contribution is 6.46. The maximum Gasteiger partial charge on any atom is 0.282 e. The standard InChI is InChI=1S/C26H22N2O6/c1-31-19-10-8-16(14-21(19)32-2)23-24(26(30)28(25(23)29)18-6-4-3-5-7-18)27-17-9-11-20-22(15-17)34-13-12-33-20/h3-11,14-15,27H,12-13H2,1-2H3. The zero-order valence-corrected chi connectivity index (χ0v) is 18.7. The van der Waals surface area contributed by atoms with Crippen LogP contribution in [-0.2, 0) is 9.59 Å². The first-order valence-electron chi connectivity index (χ1n) is 10.7. The van der Waals surface area contributed by atoms with Gasteiger partial charge in [0.05, 0.1) is 25.5 Å². The second kappa shape index (κ2) is 8.82. The van der Waals surface area contributed by atoms with Gasteiger partial charge in [-0.15, -0.1) is 0 Å². The number of hydrogen-bond acceptors (Lipinski definition) is 7. The van der Waals surface area contributed by atoms with E-state index in [0.29, 0.717) is 53.2 Å². The molecule has 172 valence electrons. The maximum absolute atomic E-state index is 13.6. The molecule has 0 bridgehead atoms. The van der Waals surface area contributed by atoms with Gasteiger partial charge in [0.2, 0.25) is 0 Å². The van der Waals surface area contributed by atoms with E-state index in [4.69, 9.17) is 18.9 Å². The number of para-hydroxylation sites is 1. The second-order valence-electron chi connectivity index (χ2n) is 7.58. The van der Waals surface area contributed by atoms with E-state index >= 15 is 0 Å². The third kappa shape index (κ3) is 3.69. The first-order valence-corrected chi connectivity index (χ1v) is 10.7. The van der Waals surface area contributed by atoms with Gasteiger partial charge in [-0.05, 0) is 42.0 Å². The number of ether oxygens (including phenoxy) is 4. The lowest BCUT2D eigenvalue weighted by Crippen LogP contribution is -2.32. The van der Waals surface area contributed by atoms with Gasteiger partial charge in [-0.3, -0.25) is 9.59 Å². The quantitative estimate of drug-likeness (QED) is 0.561. The summed E-state index contributed by atoms with van der Waals surface area (Å²) < 4.78 is 22.0. The molecule has 3 aromatic rings. The average Bonchev–Trinajstić information content (AvgIpc) is 3.12. The molecule has 0 saturated carbocycles. The molecule has 8 nitrogen and oxygen atoms in total. The van der Waals surface area contributed by atoms with Gasteiger partial charge in [-0.1, -0.05) is 24.3 Å². The van der Waals surface area contributed by atoms with E-state index in [2.05, 4.69) is 5.32 Å². The molecule has 2 heterocycles. The van der Waals surface area contributed by atoms with Crippen LogP contribution in [0.25, 0.3) is 5.57 Å².